The first-order valence-corrected chi connectivity index (χ1v) is 8.71. The number of nitro benzene ring substituents is 1. The number of ketones is 1. The number of amides is 1. The number of hydrogen-bond acceptors (Lipinski definition) is 7. The monoisotopic (exact) mass is 386 g/mol. The zero-order valence-electron chi connectivity index (χ0n) is 15.6. The van der Waals surface area contributed by atoms with Crippen molar-refractivity contribution < 1.29 is 28.4 Å². The lowest BCUT2D eigenvalue weighted by molar-refractivity contribution is -0.384. The number of furan rings is 1. The molecule has 0 bridgehead atoms. The van der Waals surface area contributed by atoms with E-state index in [1.807, 2.05) is 13.8 Å². The highest BCUT2D eigenvalue weighted by molar-refractivity contribution is 6.08. The number of nitrogens with zero attached hydrogens (tertiary/aromatic N) is 1. The van der Waals surface area contributed by atoms with Crippen LogP contribution >= 0.6 is 0 Å². The molecule has 1 aliphatic heterocycles. The van der Waals surface area contributed by atoms with E-state index in [4.69, 9.17) is 13.9 Å². The molecule has 4 rings (SSSR count). The third-order valence-corrected chi connectivity index (χ3v) is 4.92. The molecule has 2 heterocycles. The molecule has 1 aromatic heterocycles. The highest BCUT2D eigenvalue weighted by atomic mass is 16.7. The maximum absolute atomic E-state index is 12.8. The quantitative estimate of drug-likeness (QED) is 0.631. The van der Waals surface area contributed by atoms with E-state index in [9.17, 15) is 19.7 Å². The minimum atomic E-state index is -0.667. The van der Waals surface area contributed by atoms with Crippen LogP contribution in [0.3, 0.4) is 0 Å². The molecule has 9 nitrogen and oxygen atoms in total. The van der Waals surface area contributed by atoms with Gasteiger partial charge in [0.2, 0.25) is 6.79 Å². The van der Waals surface area contributed by atoms with Crippen molar-refractivity contribution in [3.05, 3.63) is 44.9 Å². The van der Waals surface area contributed by atoms with E-state index in [1.165, 1.54) is 12.1 Å². The molecule has 9 heteroatoms. The molecule has 0 fully saturated rings. The van der Waals surface area contributed by atoms with Gasteiger partial charge in [0.05, 0.1) is 16.6 Å². The molecule has 0 spiro atoms. The van der Waals surface area contributed by atoms with Crippen LogP contribution in [0.5, 0.6) is 11.5 Å². The highest BCUT2D eigenvalue weighted by Crippen LogP contribution is 2.42. The Morgan fingerprint density at radius 3 is 2.57 bits per heavy atom. The molecule has 0 atom stereocenters. The summed E-state index contributed by atoms with van der Waals surface area (Å²) in [5.74, 6) is 0.252. The lowest BCUT2D eigenvalue weighted by Crippen LogP contribution is -2.26. The fraction of sp³-hybridized carbons (Fsp3) is 0.368. The molecule has 28 heavy (non-hydrogen) atoms. The number of carbonyl (C=O) groups is 2. The first-order chi connectivity index (χ1) is 13.2. The van der Waals surface area contributed by atoms with Crippen LogP contribution in [0, 0.1) is 22.5 Å². The van der Waals surface area contributed by atoms with Gasteiger partial charge in [-0.15, -0.1) is 0 Å². The number of anilines is 1. The van der Waals surface area contributed by atoms with E-state index in [0.29, 0.717) is 35.5 Å². The second-order valence-corrected chi connectivity index (χ2v) is 7.73. The summed E-state index contributed by atoms with van der Waals surface area (Å²) in [6.45, 7) is 5.51. The van der Waals surface area contributed by atoms with E-state index in [2.05, 4.69) is 5.32 Å². The zero-order valence-corrected chi connectivity index (χ0v) is 15.6. The number of fused-ring (bicyclic) bond motifs is 2. The van der Waals surface area contributed by atoms with Crippen LogP contribution in [0.15, 0.2) is 16.5 Å². The summed E-state index contributed by atoms with van der Waals surface area (Å²) in [4.78, 5) is 36.0. The van der Waals surface area contributed by atoms with E-state index < -0.39 is 10.8 Å². The minimum Gasteiger partial charge on any atom is -0.455 e. The van der Waals surface area contributed by atoms with Crippen molar-refractivity contribution in [3.63, 3.8) is 0 Å². The standard InChI is InChI=1S/C19H18N2O7/c1-9-16-12(22)6-19(2,3)7-15(16)28-17(9)18(23)20-10-4-13-14(27-8-26-13)5-11(10)21(24)25/h4-5H,6-8H2,1-3H3,(H,20,23). The summed E-state index contributed by atoms with van der Waals surface area (Å²) >= 11 is 0. The predicted octanol–water partition coefficient (Wildman–Crippen LogP) is 3.63. The van der Waals surface area contributed by atoms with E-state index in [-0.39, 0.29) is 40.9 Å². The Bertz CT molecular complexity index is 1040. The Kier molecular flexibility index (Phi) is 3.91. The molecule has 0 radical (unpaired) electrons. The van der Waals surface area contributed by atoms with Crippen LogP contribution in [0.25, 0.3) is 0 Å². The molecule has 0 unspecified atom stereocenters. The van der Waals surface area contributed by atoms with Crippen molar-refractivity contribution in [1.29, 1.82) is 0 Å². The largest absolute Gasteiger partial charge is 0.455 e. The van der Waals surface area contributed by atoms with Gasteiger partial charge >= 0.3 is 0 Å². The Morgan fingerprint density at radius 2 is 1.89 bits per heavy atom. The van der Waals surface area contributed by atoms with Crippen molar-refractivity contribution in [2.75, 3.05) is 12.1 Å². The van der Waals surface area contributed by atoms with Gasteiger partial charge in [0.1, 0.15) is 11.4 Å². The molecule has 0 saturated carbocycles. The van der Waals surface area contributed by atoms with Crippen LogP contribution < -0.4 is 14.8 Å². The summed E-state index contributed by atoms with van der Waals surface area (Å²) in [6.07, 6.45) is 0.904. The average molecular weight is 386 g/mol. The minimum absolute atomic E-state index is 0.0250. The van der Waals surface area contributed by atoms with E-state index in [1.54, 1.807) is 6.92 Å². The first kappa shape index (κ1) is 18.0. The van der Waals surface area contributed by atoms with Crippen molar-refractivity contribution in [2.24, 2.45) is 5.41 Å². The van der Waals surface area contributed by atoms with Crippen LogP contribution in [-0.2, 0) is 6.42 Å². The Labute approximate surface area is 159 Å². The van der Waals surface area contributed by atoms with Crippen molar-refractivity contribution in [2.45, 2.75) is 33.6 Å². The maximum atomic E-state index is 12.8. The molecule has 1 N–H and O–H groups in total. The van der Waals surface area contributed by atoms with E-state index in [0.717, 1.165) is 0 Å². The van der Waals surface area contributed by atoms with Gasteiger partial charge < -0.3 is 19.2 Å². The van der Waals surface area contributed by atoms with Gasteiger partial charge in [0.15, 0.2) is 23.0 Å². The van der Waals surface area contributed by atoms with Gasteiger partial charge in [0.25, 0.3) is 11.6 Å². The van der Waals surface area contributed by atoms with Crippen molar-refractivity contribution in [3.8, 4) is 11.5 Å². The van der Waals surface area contributed by atoms with Gasteiger partial charge in [-0.25, -0.2) is 0 Å². The smallest absolute Gasteiger partial charge is 0.296 e. The van der Waals surface area contributed by atoms with Crippen molar-refractivity contribution in [1.82, 2.24) is 0 Å². The predicted molar refractivity (Wildman–Crippen MR) is 97.1 cm³/mol. The third kappa shape index (κ3) is 2.88. The number of benzene rings is 1. The number of hydrogen-bond donors (Lipinski definition) is 1. The summed E-state index contributed by atoms with van der Waals surface area (Å²) in [5, 5.41) is 13.9. The summed E-state index contributed by atoms with van der Waals surface area (Å²) in [7, 11) is 0. The lowest BCUT2D eigenvalue weighted by Gasteiger charge is -2.27. The average Bonchev–Trinajstić information content (AvgIpc) is 3.16. The first-order valence-electron chi connectivity index (χ1n) is 8.71. The van der Waals surface area contributed by atoms with Crippen LogP contribution in [0.1, 0.15) is 52.5 Å². The number of nitro groups is 1. The SMILES string of the molecule is Cc1c(C(=O)Nc2cc3c(cc2[N+](=O)[O-])OCO3)oc2c1C(=O)CC(C)(C)C2. The number of carbonyl (C=O) groups excluding carboxylic acids is 2. The van der Waals surface area contributed by atoms with Gasteiger partial charge in [0, 0.05) is 24.5 Å². The molecule has 2 aliphatic rings. The van der Waals surface area contributed by atoms with Gasteiger partial charge in [-0.2, -0.15) is 0 Å². The van der Waals surface area contributed by atoms with Gasteiger partial charge in [-0.1, -0.05) is 13.8 Å². The van der Waals surface area contributed by atoms with Crippen LogP contribution in [0.2, 0.25) is 0 Å². The maximum Gasteiger partial charge on any atom is 0.296 e. The van der Waals surface area contributed by atoms with Gasteiger partial charge in [-0.05, 0) is 12.3 Å². The van der Waals surface area contributed by atoms with Crippen LogP contribution in [-0.4, -0.2) is 23.4 Å². The lowest BCUT2D eigenvalue weighted by atomic mass is 9.76. The number of ether oxygens (including phenoxy) is 2. The van der Waals surface area contributed by atoms with Gasteiger partial charge in [-0.3, -0.25) is 19.7 Å². The molecule has 1 aliphatic carbocycles. The topological polar surface area (TPSA) is 121 Å². The molecule has 1 amide bonds. The molecular weight excluding hydrogens is 368 g/mol. The second kappa shape index (κ2) is 6.08. The number of Topliss-reactive ketones (excluding diaryl/α,β-unsaturated/α-hetero) is 1. The Morgan fingerprint density at radius 1 is 1.21 bits per heavy atom. The molecule has 2 aromatic rings. The van der Waals surface area contributed by atoms with Crippen molar-refractivity contribution >= 4 is 23.1 Å². The zero-order chi connectivity index (χ0) is 20.2. The normalized spacial score (nSPS) is 16.6. The number of nitrogens with one attached hydrogen (secondary N) is 1. The summed E-state index contributed by atoms with van der Waals surface area (Å²) < 4.78 is 16.1. The molecule has 1 aromatic carbocycles. The summed E-state index contributed by atoms with van der Waals surface area (Å²) in [5.41, 5.74) is 0.252. The fourth-order valence-corrected chi connectivity index (χ4v) is 3.66. The Balaban J connectivity index is 1.69. The third-order valence-electron chi connectivity index (χ3n) is 4.92. The number of rotatable bonds is 3. The Hall–Kier alpha value is -3.36. The molecule has 0 saturated heterocycles. The van der Waals surface area contributed by atoms with Crippen LogP contribution in [0.4, 0.5) is 11.4 Å². The fourth-order valence-electron chi connectivity index (χ4n) is 3.66. The molecular formula is C19H18N2O7. The van der Waals surface area contributed by atoms with E-state index >= 15 is 0 Å². The highest BCUT2D eigenvalue weighted by Gasteiger charge is 2.37. The molecule has 146 valence electrons. The second-order valence-electron chi connectivity index (χ2n) is 7.73. The summed E-state index contributed by atoms with van der Waals surface area (Å²) in [6, 6.07) is 2.54.